The molecule has 0 saturated carbocycles. The molecule has 276 valence electrons. The van der Waals surface area contributed by atoms with Gasteiger partial charge in [0.1, 0.15) is 5.82 Å². The Morgan fingerprint density at radius 3 is 1.71 bits per heavy atom. The molecule has 12 aromatic rings. The molecule has 4 aromatic heterocycles. The standard InChI is InChI=1S/C52H32N6S/c1-4-16-33(17-5-1)49-54-50(38-23-14-28-44-47(38)37-22-10-12-26-42(37)57(44)35-18-6-2-7-19-35)56-51(55-49)39-24-15-29-46-48(39)40-32-34(30-31-45(40)59-46)52-53-41-25-11-13-27-43(41)58(52)36-20-8-3-9-21-36/h1-32H. The molecular weight excluding hydrogens is 741 g/mol. The third kappa shape index (κ3) is 5.40. The molecule has 0 atom stereocenters. The molecule has 0 spiro atoms. The summed E-state index contributed by atoms with van der Waals surface area (Å²) in [6, 6.07) is 67.8. The smallest absolute Gasteiger partial charge is 0.164 e. The Hall–Kier alpha value is -7.74. The predicted octanol–water partition coefficient (Wildman–Crippen LogP) is 13.3. The molecule has 0 radical (unpaired) electrons. The highest BCUT2D eigenvalue weighted by molar-refractivity contribution is 7.26. The molecule has 7 heteroatoms. The Morgan fingerprint density at radius 1 is 0.356 bits per heavy atom. The summed E-state index contributed by atoms with van der Waals surface area (Å²) in [5, 5.41) is 4.51. The normalized spacial score (nSPS) is 11.7. The first-order valence-corrected chi connectivity index (χ1v) is 20.5. The van der Waals surface area contributed by atoms with E-state index in [1.807, 2.05) is 30.3 Å². The molecule has 59 heavy (non-hydrogen) atoms. The maximum atomic E-state index is 5.39. The molecule has 12 rings (SSSR count). The van der Waals surface area contributed by atoms with Crippen molar-refractivity contribution in [2.75, 3.05) is 0 Å². The van der Waals surface area contributed by atoms with Crippen LogP contribution < -0.4 is 0 Å². The summed E-state index contributed by atoms with van der Waals surface area (Å²) < 4.78 is 6.94. The number of para-hydroxylation sites is 5. The van der Waals surface area contributed by atoms with E-state index in [-0.39, 0.29) is 0 Å². The van der Waals surface area contributed by atoms with E-state index in [9.17, 15) is 0 Å². The lowest BCUT2D eigenvalue weighted by atomic mass is 10.0. The average molecular weight is 773 g/mol. The molecule has 8 aromatic carbocycles. The van der Waals surface area contributed by atoms with Crippen LogP contribution in [0.15, 0.2) is 194 Å². The number of thiophene rings is 1. The van der Waals surface area contributed by atoms with Gasteiger partial charge in [0.2, 0.25) is 0 Å². The number of aromatic nitrogens is 6. The largest absolute Gasteiger partial charge is 0.309 e. The van der Waals surface area contributed by atoms with E-state index in [4.69, 9.17) is 19.9 Å². The van der Waals surface area contributed by atoms with Crippen LogP contribution in [0.4, 0.5) is 0 Å². The van der Waals surface area contributed by atoms with Crippen LogP contribution >= 0.6 is 11.3 Å². The monoisotopic (exact) mass is 772 g/mol. The molecule has 0 fully saturated rings. The van der Waals surface area contributed by atoms with Gasteiger partial charge in [-0.3, -0.25) is 4.57 Å². The third-order valence-corrected chi connectivity index (χ3v) is 12.3. The minimum Gasteiger partial charge on any atom is -0.309 e. The van der Waals surface area contributed by atoms with Gasteiger partial charge in [-0.15, -0.1) is 11.3 Å². The lowest BCUT2D eigenvalue weighted by molar-refractivity contribution is 1.08. The fourth-order valence-corrected chi connectivity index (χ4v) is 9.72. The van der Waals surface area contributed by atoms with Gasteiger partial charge in [-0.25, -0.2) is 19.9 Å². The molecule has 6 nitrogen and oxygen atoms in total. The zero-order chi connectivity index (χ0) is 38.9. The minimum absolute atomic E-state index is 0.628. The van der Waals surface area contributed by atoms with Crippen molar-refractivity contribution in [1.29, 1.82) is 0 Å². The highest BCUT2D eigenvalue weighted by atomic mass is 32.1. The zero-order valence-electron chi connectivity index (χ0n) is 31.6. The van der Waals surface area contributed by atoms with Gasteiger partial charge in [-0.2, -0.15) is 0 Å². The first-order valence-electron chi connectivity index (χ1n) is 19.7. The molecule has 4 heterocycles. The second kappa shape index (κ2) is 13.4. The highest BCUT2D eigenvalue weighted by Gasteiger charge is 2.22. The van der Waals surface area contributed by atoms with E-state index in [0.29, 0.717) is 17.5 Å². The maximum Gasteiger partial charge on any atom is 0.164 e. The molecule has 0 saturated heterocycles. The molecule has 0 bridgehead atoms. The van der Waals surface area contributed by atoms with Crippen LogP contribution in [0.2, 0.25) is 0 Å². The van der Waals surface area contributed by atoms with Gasteiger partial charge in [0.25, 0.3) is 0 Å². The van der Waals surface area contributed by atoms with Gasteiger partial charge in [0.15, 0.2) is 17.5 Å². The van der Waals surface area contributed by atoms with Crippen molar-refractivity contribution in [2.24, 2.45) is 0 Å². The summed E-state index contributed by atoms with van der Waals surface area (Å²) in [5.74, 6) is 2.78. The van der Waals surface area contributed by atoms with Gasteiger partial charge >= 0.3 is 0 Å². The van der Waals surface area contributed by atoms with Crippen molar-refractivity contribution in [2.45, 2.75) is 0 Å². The second-order valence-electron chi connectivity index (χ2n) is 14.6. The van der Waals surface area contributed by atoms with Crippen LogP contribution in [0.25, 0.3) is 110 Å². The van der Waals surface area contributed by atoms with Crippen molar-refractivity contribution in [1.82, 2.24) is 29.1 Å². The van der Waals surface area contributed by atoms with Crippen molar-refractivity contribution >= 4 is 64.3 Å². The molecule has 0 aliphatic heterocycles. The number of rotatable bonds is 6. The lowest BCUT2D eigenvalue weighted by Gasteiger charge is -2.11. The summed E-state index contributed by atoms with van der Waals surface area (Å²) in [6.07, 6.45) is 0. The molecule has 0 aliphatic carbocycles. The number of benzene rings is 8. The summed E-state index contributed by atoms with van der Waals surface area (Å²) in [4.78, 5) is 21.1. The van der Waals surface area contributed by atoms with E-state index in [1.165, 1.54) is 9.40 Å². The van der Waals surface area contributed by atoms with Gasteiger partial charge in [0, 0.05) is 64.6 Å². The maximum absolute atomic E-state index is 5.39. The van der Waals surface area contributed by atoms with Crippen molar-refractivity contribution in [3.8, 4) is 56.9 Å². The van der Waals surface area contributed by atoms with Crippen LogP contribution in [0.1, 0.15) is 0 Å². The average Bonchev–Trinajstić information content (AvgIpc) is 3.99. The van der Waals surface area contributed by atoms with E-state index >= 15 is 0 Å². The van der Waals surface area contributed by atoms with Crippen molar-refractivity contribution in [3.05, 3.63) is 194 Å². The van der Waals surface area contributed by atoms with Crippen molar-refractivity contribution < 1.29 is 0 Å². The van der Waals surface area contributed by atoms with Crippen LogP contribution in [-0.4, -0.2) is 29.1 Å². The molecule has 0 amide bonds. The van der Waals surface area contributed by atoms with Crippen molar-refractivity contribution in [3.63, 3.8) is 0 Å². The van der Waals surface area contributed by atoms with E-state index in [1.54, 1.807) is 11.3 Å². The number of imidazole rings is 1. The topological polar surface area (TPSA) is 61.4 Å². The Morgan fingerprint density at radius 2 is 0.949 bits per heavy atom. The van der Waals surface area contributed by atoms with E-state index in [2.05, 4.69) is 173 Å². The summed E-state index contributed by atoms with van der Waals surface area (Å²) >= 11 is 1.78. The van der Waals surface area contributed by atoms with Gasteiger partial charge in [0.05, 0.1) is 22.1 Å². The first-order chi connectivity index (χ1) is 29.3. The SMILES string of the molecule is c1ccc(-c2nc(-c3cccc4sc5ccc(-c6nc7ccccc7n6-c6ccccc6)cc5c34)nc(-c3cccc4c3c3ccccc3n4-c3ccccc3)n2)cc1. The fraction of sp³-hybridized carbons (Fsp3) is 0. The molecule has 0 N–H and O–H groups in total. The quantitative estimate of drug-likeness (QED) is 0.169. The second-order valence-corrected chi connectivity index (χ2v) is 15.7. The summed E-state index contributed by atoms with van der Waals surface area (Å²) in [6.45, 7) is 0. The Labute approximate surface area is 343 Å². The molecule has 0 aliphatic rings. The number of fused-ring (bicyclic) bond motifs is 7. The Balaban J connectivity index is 1.10. The lowest BCUT2D eigenvalue weighted by Crippen LogP contribution is -2.01. The zero-order valence-corrected chi connectivity index (χ0v) is 32.4. The third-order valence-electron chi connectivity index (χ3n) is 11.2. The van der Waals surface area contributed by atoms with Gasteiger partial charge in [-0.1, -0.05) is 121 Å². The fourth-order valence-electron chi connectivity index (χ4n) is 8.60. The number of hydrogen-bond acceptors (Lipinski definition) is 5. The van der Waals surface area contributed by atoms with Crippen LogP contribution in [0.5, 0.6) is 0 Å². The van der Waals surface area contributed by atoms with E-state index in [0.717, 1.165) is 83.1 Å². The van der Waals surface area contributed by atoms with Crippen LogP contribution in [-0.2, 0) is 0 Å². The van der Waals surface area contributed by atoms with Gasteiger partial charge < -0.3 is 4.57 Å². The number of hydrogen-bond donors (Lipinski definition) is 0. The van der Waals surface area contributed by atoms with Crippen LogP contribution in [0, 0.1) is 0 Å². The predicted molar refractivity (Wildman–Crippen MR) is 243 cm³/mol. The summed E-state index contributed by atoms with van der Waals surface area (Å²) in [5.41, 5.74) is 10.3. The Bertz CT molecular complexity index is 3550. The van der Waals surface area contributed by atoms with Crippen LogP contribution in [0.3, 0.4) is 0 Å². The highest BCUT2D eigenvalue weighted by Crippen LogP contribution is 2.43. The Kier molecular flexibility index (Phi) is 7.61. The molecular formula is C52H32N6S. The number of nitrogens with zero attached hydrogens (tertiary/aromatic N) is 6. The van der Waals surface area contributed by atoms with Gasteiger partial charge in [-0.05, 0) is 72.8 Å². The first kappa shape index (κ1) is 33.4. The van der Waals surface area contributed by atoms with E-state index < -0.39 is 0 Å². The molecule has 0 unspecified atom stereocenters. The minimum atomic E-state index is 0.628. The summed E-state index contributed by atoms with van der Waals surface area (Å²) in [7, 11) is 0.